The van der Waals surface area contributed by atoms with Crippen molar-refractivity contribution in [2.75, 3.05) is 20.1 Å². The van der Waals surface area contributed by atoms with E-state index in [1.165, 1.54) is 25.7 Å². The summed E-state index contributed by atoms with van der Waals surface area (Å²) < 4.78 is 0. The molecule has 0 heterocycles. The predicted octanol–water partition coefficient (Wildman–Crippen LogP) is 1.76. The van der Waals surface area contributed by atoms with Gasteiger partial charge in [0.05, 0.1) is 0 Å². The number of hydrogen-bond donors (Lipinski definition) is 2. The second kappa shape index (κ2) is 4.97. The van der Waals surface area contributed by atoms with Crippen LogP contribution < -0.4 is 10.6 Å². The summed E-state index contributed by atoms with van der Waals surface area (Å²) in [5.41, 5.74) is 0.446. The smallest absolute Gasteiger partial charge is 0.0153 e. The van der Waals surface area contributed by atoms with Crippen LogP contribution in [0.4, 0.5) is 0 Å². The summed E-state index contributed by atoms with van der Waals surface area (Å²) in [7, 11) is 2.02. The molecule has 1 aliphatic rings. The quantitative estimate of drug-likeness (QED) is 0.680. The highest BCUT2D eigenvalue weighted by atomic mass is 15.0. The summed E-state index contributed by atoms with van der Waals surface area (Å²) in [6.45, 7) is 6.92. The van der Waals surface area contributed by atoms with Crippen LogP contribution in [0.25, 0.3) is 0 Å². The van der Waals surface area contributed by atoms with E-state index >= 15 is 0 Å². The van der Waals surface area contributed by atoms with Gasteiger partial charge in [-0.2, -0.15) is 0 Å². The van der Waals surface area contributed by atoms with Crippen molar-refractivity contribution in [3.8, 4) is 0 Å². The molecule has 0 amide bonds. The van der Waals surface area contributed by atoms with Gasteiger partial charge in [0.1, 0.15) is 0 Å². The maximum absolute atomic E-state index is 3.70. The van der Waals surface area contributed by atoms with Crippen molar-refractivity contribution in [1.82, 2.24) is 10.6 Å². The van der Waals surface area contributed by atoms with E-state index in [2.05, 4.69) is 24.5 Å². The third kappa shape index (κ3) is 3.65. The van der Waals surface area contributed by atoms with Gasteiger partial charge < -0.3 is 10.6 Å². The Kier molecular flexibility index (Phi) is 4.20. The second-order valence-electron chi connectivity index (χ2n) is 4.81. The third-order valence-corrected chi connectivity index (χ3v) is 3.14. The average molecular weight is 184 g/mol. The van der Waals surface area contributed by atoms with Crippen molar-refractivity contribution in [3.05, 3.63) is 0 Å². The van der Waals surface area contributed by atoms with Gasteiger partial charge in [0, 0.05) is 5.54 Å². The molecule has 13 heavy (non-hydrogen) atoms. The fourth-order valence-corrected chi connectivity index (χ4v) is 2.17. The van der Waals surface area contributed by atoms with E-state index in [4.69, 9.17) is 0 Å². The van der Waals surface area contributed by atoms with Crippen LogP contribution in [0.5, 0.6) is 0 Å². The van der Waals surface area contributed by atoms with E-state index in [0.717, 1.165) is 19.0 Å². The van der Waals surface area contributed by atoms with Crippen molar-refractivity contribution < 1.29 is 0 Å². The Bertz CT molecular complexity index is 139. The molecule has 0 saturated heterocycles. The van der Waals surface area contributed by atoms with Crippen LogP contribution in [-0.4, -0.2) is 25.7 Å². The van der Waals surface area contributed by atoms with Crippen LogP contribution in [0.15, 0.2) is 0 Å². The molecule has 2 heteroatoms. The molecule has 1 aliphatic carbocycles. The van der Waals surface area contributed by atoms with Crippen molar-refractivity contribution in [3.63, 3.8) is 0 Å². The average Bonchev–Trinajstić information content (AvgIpc) is 2.51. The molecule has 0 aliphatic heterocycles. The predicted molar refractivity (Wildman–Crippen MR) is 58.0 cm³/mol. The number of rotatable bonds is 5. The molecule has 0 spiro atoms. The first-order valence-corrected chi connectivity index (χ1v) is 5.56. The van der Waals surface area contributed by atoms with Crippen molar-refractivity contribution in [2.24, 2.45) is 5.92 Å². The molecule has 1 rings (SSSR count). The van der Waals surface area contributed by atoms with Crippen LogP contribution in [0, 0.1) is 5.92 Å². The van der Waals surface area contributed by atoms with Gasteiger partial charge in [0.25, 0.3) is 0 Å². The first-order chi connectivity index (χ1) is 6.16. The van der Waals surface area contributed by atoms with Gasteiger partial charge >= 0.3 is 0 Å². The molecule has 0 aromatic rings. The van der Waals surface area contributed by atoms with Gasteiger partial charge in [-0.15, -0.1) is 0 Å². The van der Waals surface area contributed by atoms with Crippen molar-refractivity contribution in [2.45, 2.75) is 45.1 Å². The van der Waals surface area contributed by atoms with Crippen LogP contribution >= 0.6 is 0 Å². The maximum Gasteiger partial charge on any atom is 0.0153 e. The first kappa shape index (κ1) is 11.0. The highest BCUT2D eigenvalue weighted by Crippen LogP contribution is 2.28. The van der Waals surface area contributed by atoms with Crippen LogP contribution in [0.1, 0.15) is 39.5 Å². The Morgan fingerprint density at radius 1 is 1.23 bits per heavy atom. The minimum absolute atomic E-state index is 0.446. The lowest BCUT2D eigenvalue weighted by Gasteiger charge is -2.27. The van der Waals surface area contributed by atoms with E-state index in [0.29, 0.717) is 5.54 Å². The highest BCUT2D eigenvalue weighted by Gasteiger charge is 2.27. The monoisotopic (exact) mass is 184 g/mol. The first-order valence-electron chi connectivity index (χ1n) is 5.56. The summed E-state index contributed by atoms with van der Waals surface area (Å²) in [5.74, 6) is 0.738. The van der Waals surface area contributed by atoms with Gasteiger partial charge in [-0.1, -0.05) is 19.8 Å². The van der Waals surface area contributed by atoms with Gasteiger partial charge in [-0.05, 0) is 45.8 Å². The Hall–Kier alpha value is -0.0800. The molecule has 0 aromatic heterocycles. The van der Waals surface area contributed by atoms with Gasteiger partial charge in [-0.25, -0.2) is 0 Å². The Morgan fingerprint density at radius 2 is 1.85 bits per heavy atom. The molecule has 0 aromatic carbocycles. The topological polar surface area (TPSA) is 24.1 Å². The summed E-state index contributed by atoms with van der Waals surface area (Å²) >= 11 is 0. The second-order valence-corrected chi connectivity index (χ2v) is 4.81. The lowest BCUT2D eigenvalue weighted by atomic mass is 9.99. The molecule has 0 radical (unpaired) electrons. The van der Waals surface area contributed by atoms with Gasteiger partial charge in [-0.3, -0.25) is 0 Å². The zero-order valence-corrected chi connectivity index (χ0v) is 9.32. The summed E-state index contributed by atoms with van der Waals surface area (Å²) in [4.78, 5) is 0. The zero-order chi connectivity index (χ0) is 9.73. The largest absolute Gasteiger partial charge is 0.319 e. The van der Waals surface area contributed by atoms with Crippen LogP contribution in [0.3, 0.4) is 0 Å². The molecular weight excluding hydrogens is 160 g/mol. The van der Waals surface area contributed by atoms with Crippen LogP contribution in [0.2, 0.25) is 0 Å². The SMILES string of the molecule is CNCC(C)CNC1(C)CCCC1. The molecule has 1 saturated carbocycles. The molecule has 1 unspecified atom stereocenters. The molecule has 0 bridgehead atoms. The van der Waals surface area contributed by atoms with Crippen LogP contribution in [-0.2, 0) is 0 Å². The fraction of sp³-hybridized carbons (Fsp3) is 1.00. The minimum Gasteiger partial charge on any atom is -0.319 e. The van der Waals surface area contributed by atoms with Gasteiger partial charge in [0.2, 0.25) is 0 Å². The van der Waals surface area contributed by atoms with Crippen molar-refractivity contribution >= 4 is 0 Å². The summed E-state index contributed by atoms with van der Waals surface area (Å²) in [6.07, 6.45) is 5.53. The van der Waals surface area contributed by atoms with E-state index in [1.807, 2.05) is 7.05 Å². The molecular formula is C11H24N2. The van der Waals surface area contributed by atoms with Gasteiger partial charge in [0.15, 0.2) is 0 Å². The summed E-state index contributed by atoms with van der Waals surface area (Å²) in [6, 6.07) is 0. The lowest BCUT2D eigenvalue weighted by Crippen LogP contribution is -2.43. The normalized spacial score (nSPS) is 23.3. The third-order valence-electron chi connectivity index (χ3n) is 3.14. The Balaban J connectivity index is 2.17. The molecule has 78 valence electrons. The Labute approximate surface area is 82.5 Å². The van der Waals surface area contributed by atoms with E-state index in [9.17, 15) is 0 Å². The van der Waals surface area contributed by atoms with Crippen molar-refractivity contribution in [1.29, 1.82) is 0 Å². The van der Waals surface area contributed by atoms with E-state index < -0.39 is 0 Å². The molecule has 2 N–H and O–H groups in total. The minimum atomic E-state index is 0.446. The van der Waals surface area contributed by atoms with E-state index in [-0.39, 0.29) is 0 Å². The molecule has 1 fully saturated rings. The lowest BCUT2D eigenvalue weighted by molar-refractivity contribution is 0.334. The maximum atomic E-state index is 3.70. The molecule has 1 atom stereocenters. The Morgan fingerprint density at radius 3 is 2.38 bits per heavy atom. The summed E-state index contributed by atoms with van der Waals surface area (Å²) in [5, 5.41) is 6.92. The molecule has 2 nitrogen and oxygen atoms in total. The fourth-order valence-electron chi connectivity index (χ4n) is 2.17. The van der Waals surface area contributed by atoms with E-state index in [1.54, 1.807) is 0 Å². The number of hydrogen-bond acceptors (Lipinski definition) is 2. The standard InChI is InChI=1S/C11H24N2/c1-10(8-12-3)9-13-11(2)6-4-5-7-11/h10,12-13H,4-9H2,1-3H3. The zero-order valence-electron chi connectivity index (χ0n) is 9.32. The highest BCUT2D eigenvalue weighted by molar-refractivity contribution is 4.88. The number of nitrogens with one attached hydrogen (secondary N) is 2.